The van der Waals surface area contributed by atoms with E-state index in [4.69, 9.17) is 9.25 Å². The van der Waals surface area contributed by atoms with E-state index in [0.717, 1.165) is 30.4 Å². The van der Waals surface area contributed by atoms with Gasteiger partial charge in [0.25, 0.3) is 0 Å². The minimum absolute atomic E-state index is 0.306. The topological polar surface area (TPSA) is 75.9 Å². The third-order valence-corrected chi connectivity index (χ3v) is 2.76. The first-order valence-corrected chi connectivity index (χ1v) is 6.05. The van der Waals surface area contributed by atoms with Crippen LogP contribution in [0.5, 0.6) is 0 Å². The minimum Gasteiger partial charge on any atom is -0.406 e. The second-order valence-corrected chi connectivity index (χ2v) is 4.05. The van der Waals surface area contributed by atoms with Gasteiger partial charge in [-0.15, -0.1) is 0 Å². The summed E-state index contributed by atoms with van der Waals surface area (Å²) in [5.41, 5.74) is 4.11. The smallest absolute Gasteiger partial charge is 0.337 e. The van der Waals surface area contributed by atoms with E-state index in [1.54, 1.807) is 13.1 Å². The van der Waals surface area contributed by atoms with E-state index in [1.165, 1.54) is 0 Å². The van der Waals surface area contributed by atoms with Crippen LogP contribution in [0.1, 0.15) is 30.9 Å². The fourth-order valence-electron chi connectivity index (χ4n) is 1.87. The van der Waals surface area contributed by atoms with Crippen molar-refractivity contribution < 1.29 is 9.25 Å². The molecule has 0 saturated heterocycles. The molecule has 0 amide bonds. The zero-order chi connectivity index (χ0) is 13.0. The van der Waals surface area contributed by atoms with Gasteiger partial charge in [0, 0.05) is 18.7 Å². The maximum absolute atomic E-state index is 11.5. The summed E-state index contributed by atoms with van der Waals surface area (Å²) in [7, 11) is 1.63. The lowest BCUT2D eigenvalue weighted by atomic mass is 10.0. The summed E-state index contributed by atoms with van der Waals surface area (Å²) in [6.45, 7) is 2.58. The van der Waals surface area contributed by atoms with E-state index >= 15 is 0 Å². The van der Waals surface area contributed by atoms with Crippen LogP contribution in [0.3, 0.4) is 0 Å². The van der Waals surface area contributed by atoms with Crippen molar-refractivity contribution in [3.8, 4) is 0 Å². The highest BCUT2D eigenvalue weighted by Gasteiger charge is 2.19. The molecule has 98 valence electrons. The summed E-state index contributed by atoms with van der Waals surface area (Å²) >= 11 is 0. The molecule has 6 nitrogen and oxygen atoms in total. The molecule has 0 unspecified atom stereocenters. The van der Waals surface area contributed by atoms with Gasteiger partial charge in [0.2, 0.25) is 5.88 Å². The number of nitrogens with zero attached hydrogens (tertiary/aromatic N) is 1. The second-order valence-electron chi connectivity index (χ2n) is 4.05. The van der Waals surface area contributed by atoms with Gasteiger partial charge in [-0.3, -0.25) is 5.32 Å². The van der Waals surface area contributed by atoms with E-state index < -0.39 is 0 Å². The van der Waals surface area contributed by atoms with Gasteiger partial charge in [-0.05, 0) is 18.4 Å². The normalized spacial score (nSPS) is 13.6. The number of hydrogen-bond acceptors (Lipinski definition) is 6. The van der Waals surface area contributed by atoms with Gasteiger partial charge in [0.1, 0.15) is 0 Å². The van der Waals surface area contributed by atoms with E-state index in [2.05, 4.69) is 22.7 Å². The van der Waals surface area contributed by atoms with Crippen molar-refractivity contribution >= 4 is 11.9 Å². The summed E-state index contributed by atoms with van der Waals surface area (Å²) in [5, 5.41) is 2.85. The number of aryl methyl sites for hydroxylation is 1. The molecule has 2 rings (SSSR count). The van der Waals surface area contributed by atoms with Gasteiger partial charge >= 0.3 is 11.6 Å². The Hall–Kier alpha value is -1.82. The Labute approximate surface area is 105 Å². The number of fused-ring (bicyclic) bond motifs is 1. The van der Waals surface area contributed by atoms with Gasteiger partial charge in [0.15, 0.2) is 0 Å². The van der Waals surface area contributed by atoms with Crippen molar-refractivity contribution in [2.45, 2.75) is 32.7 Å². The van der Waals surface area contributed by atoms with E-state index in [0.29, 0.717) is 18.5 Å². The number of nitrogens with one attached hydrogen (secondary N) is 2. The standard InChI is InChI=1S/C12H17N3O3/c1-3-4-5-8-6-10(16)17-11-9(8)7-14-12(15-11)18-13-2/h6,13H,3-5,7H2,1-2H3,(H,14,15). The van der Waals surface area contributed by atoms with Gasteiger partial charge in [0.05, 0.1) is 6.54 Å². The minimum atomic E-state index is -0.349. The van der Waals surface area contributed by atoms with Crippen molar-refractivity contribution in [1.82, 2.24) is 5.48 Å². The van der Waals surface area contributed by atoms with Crippen molar-refractivity contribution in [2.24, 2.45) is 4.99 Å². The molecule has 1 aliphatic heterocycles. The molecule has 0 atom stereocenters. The first-order chi connectivity index (χ1) is 8.74. The molecule has 18 heavy (non-hydrogen) atoms. The van der Waals surface area contributed by atoms with Gasteiger partial charge in [-0.2, -0.15) is 5.48 Å². The lowest BCUT2D eigenvalue weighted by molar-refractivity contribution is 0.205. The molecule has 6 heteroatoms. The van der Waals surface area contributed by atoms with Crippen LogP contribution >= 0.6 is 0 Å². The predicted molar refractivity (Wildman–Crippen MR) is 68.5 cm³/mol. The molecule has 2 N–H and O–H groups in total. The first kappa shape index (κ1) is 12.6. The van der Waals surface area contributed by atoms with E-state index in [1.807, 2.05) is 0 Å². The molecule has 0 fully saturated rings. The van der Waals surface area contributed by atoms with Gasteiger partial charge < -0.3 is 9.25 Å². The zero-order valence-corrected chi connectivity index (χ0v) is 10.6. The molecule has 0 radical (unpaired) electrons. The number of hydroxylamine groups is 1. The largest absolute Gasteiger partial charge is 0.406 e. The lowest BCUT2D eigenvalue weighted by Crippen LogP contribution is -2.27. The Morgan fingerprint density at radius 1 is 1.61 bits per heavy atom. The lowest BCUT2D eigenvalue weighted by Gasteiger charge is -2.18. The summed E-state index contributed by atoms with van der Waals surface area (Å²) < 4.78 is 5.14. The number of hydrogen-bond donors (Lipinski definition) is 2. The highest BCUT2D eigenvalue weighted by Crippen LogP contribution is 2.23. The molecule has 2 heterocycles. The Morgan fingerprint density at radius 2 is 2.44 bits per heavy atom. The predicted octanol–water partition coefficient (Wildman–Crippen LogP) is 1.41. The van der Waals surface area contributed by atoms with Gasteiger partial charge in [-0.25, -0.2) is 9.79 Å². The quantitative estimate of drug-likeness (QED) is 0.791. The monoisotopic (exact) mass is 251 g/mol. The number of aliphatic imine (C=N–C) groups is 1. The van der Waals surface area contributed by atoms with Gasteiger partial charge in [-0.1, -0.05) is 13.3 Å². The van der Waals surface area contributed by atoms with Crippen LogP contribution in [0.4, 0.5) is 5.88 Å². The molecule has 0 saturated carbocycles. The first-order valence-electron chi connectivity index (χ1n) is 6.05. The molecule has 1 aromatic heterocycles. The molecule has 1 aliphatic rings. The Morgan fingerprint density at radius 3 is 3.17 bits per heavy atom. The highest BCUT2D eigenvalue weighted by atomic mass is 16.7. The van der Waals surface area contributed by atoms with Crippen LogP contribution in [-0.2, 0) is 17.8 Å². The number of rotatable bonds is 4. The number of anilines is 1. The Kier molecular flexibility index (Phi) is 3.99. The van der Waals surface area contributed by atoms with Crippen molar-refractivity contribution in [3.63, 3.8) is 0 Å². The van der Waals surface area contributed by atoms with Crippen LogP contribution in [0.15, 0.2) is 20.3 Å². The highest BCUT2D eigenvalue weighted by molar-refractivity contribution is 5.89. The maximum atomic E-state index is 11.5. The average Bonchev–Trinajstić information content (AvgIpc) is 2.35. The van der Waals surface area contributed by atoms with Crippen molar-refractivity contribution in [2.75, 3.05) is 12.4 Å². The fourth-order valence-corrected chi connectivity index (χ4v) is 1.87. The summed E-state index contributed by atoms with van der Waals surface area (Å²) in [6, 6.07) is 1.86. The zero-order valence-electron chi connectivity index (χ0n) is 10.6. The third-order valence-electron chi connectivity index (χ3n) is 2.76. The third kappa shape index (κ3) is 2.70. The molecule has 1 aromatic rings. The fraction of sp³-hybridized carbons (Fsp3) is 0.500. The van der Waals surface area contributed by atoms with Crippen molar-refractivity contribution in [3.05, 3.63) is 27.6 Å². The summed E-state index contributed by atoms with van der Waals surface area (Å²) in [4.78, 5) is 20.7. The summed E-state index contributed by atoms with van der Waals surface area (Å²) in [6.07, 6.45) is 2.99. The molecule has 0 spiro atoms. The average molecular weight is 251 g/mol. The van der Waals surface area contributed by atoms with Crippen molar-refractivity contribution in [1.29, 1.82) is 0 Å². The van der Waals surface area contributed by atoms with Crippen LogP contribution in [0.25, 0.3) is 0 Å². The van der Waals surface area contributed by atoms with Crippen LogP contribution in [-0.4, -0.2) is 13.1 Å². The molecular weight excluding hydrogens is 234 g/mol. The molecule has 0 aromatic carbocycles. The number of amidine groups is 1. The molecular formula is C12H17N3O3. The molecule has 0 bridgehead atoms. The van der Waals surface area contributed by atoms with E-state index in [-0.39, 0.29) is 5.63 Å². The summed E-state index contributed by atoms with van der Waals surface area (Å²) in [5.74, 6) is 0.439. The number of unbranched alkanes of at least 4 members (excludes halogenated alkanes) is 1. The van der Waals surface area contributed by atoms with Crippen LogP contribution in [0, 0.1) is 0 Å². The SMILES string of the molecule is CCCCc1cc(=O)oc2c1CN=C(ONC)N2. The molecule has 0 aliphatic carbocycles. The van der Waals surface area contributed by atoms with Crippen LogP contribution in [0.2, 0.25) is 0 Å². The second kappa shape index (κ2) is 5.68. The Bertz CT molecular complexity index is 508. The Balaban J connectivity index is 2.27. The van der Waals surface area contributed by atoms with Crippen LogP contribution < -0.4 is 16.4 Å². The maximum Gasteiger partial charge on any atom is 0.337 e. The van der Waals surface area contributed by atoms with E-state index in [9.17, 15) is 4.79 Å².